The molecule has 0 aliphatic carbocycles. The fourth-order valence-corrected chi connectivity index (χ4v) is 4.34. The van der Waals surface area contributed by atoms with Crippen molar-refractivity contribution in [2.75, 3.05) is 46.3 Å². The maximum atomic E-state index is 12.6. The largest absolute Gasteiger partial charge is 0.334 e. The molecule has 0 saturated carbocycles. The molecule has 1 aliphatic heterocycles. The van der Waals surface area contributed by atoms with Crippen molar-refractivity contribution >= 4 is 21.1 Å². The standard InChI is InChI=1S/C17H27N5O2S/c1-14(12-22-8-6-20(2)7-9-22)11-19-25(23,24)15-4-5-17-16(10-15)18-13-21(17)3/h4-5,10,13-14,19H,6-9,11-12H2,1-3H3/t14-/m1/s1. The number of aryl methyl sites for hydroxylation is 1. The number of piperazine rings is 1. The third kappa shape index (κ3) is 4.38. The van der Waals surface area contributed by atoms with Crippen LogP contribution < -0.4 is 4.72 Å². The molecule has 8 heteroatoms. The average molecular weight is 366 g/mol. The van der Waals surface area contributed by atoms with Gasteiger partial charge >= 0.3 is 0 Å². The predicted octanol–water partition coefficient (Wildman–Crippen LogP) is 0.735. The number of hydrogen-bond donors (Lipinski definition) is 1. The van der Waals surface area contributed by atoms with Gasteiger partial charge in [0.2, 0.25) is 10.0 Å². The Morgan fingerprint density at radius 1 is 1.20 bits per heavy atom. The molecule has 0 unspecified atom stereocenters. The van der Waals surface area contributed by atoms with Crippen LogP contribution in [0.25, 0.3) is 11.0 Å². The highest BCUT2D eigenvalue weighted by atomic mass is 32.2. The highest BCUT2D eigenvalue weighted by molar-refractivity contribution is 7.89. The van der Waals surface area contributed by atoms with Gasteiger partial charge < -0.3 is 14.4 Å². The Labute approximate surface area is 149 Å². The minimum atomic E-state index is -3.51. The number of fused-ring (bicyclic) bond motifs is 1. The van der Waals surface area contributed by atoms with Gasteiger partial charge in [-0.05, 0) is 31.2 Å². The first kappa shape index (κ1) is 18.3. The zero-order valence-corrected chi connectivity index (χ0v) is 16.0. The lowest BCUT2D eigenvalue weighted by Gasteiger charge is -2.33. The van der Waals surface area contributed by atoms with Crippen molar-refractivity contribution in [3.8, 4) is 0 Å². The summed E-state index contributed by atoms with van der Waals surface area (Å²) in [4.78, 5) is 9.22. The molecule has 1 aliphatic rings. The van der Waals surface area contributed by atoms with Gasteiger partial charge in [0.15, 0.2) is 0 Å². The van der Waals surface area contributed by atoms with Crippen molar-refractivity contribution in [2.45, 2.75) is 11.8 Å². The van der Waals surface area contributed by atoms with E-state index in [1.807, 2.05) is 11.6 Å². The number of sulfonamides is 1. The minimum absolute atomic E-state index is 0.261. The molecule has 3 rings (SSSR count). The van der Waals surface area contributed by atoms with Gasteiger partial charge in [0.05, 0.1) is 22.3 Å². The van der Waals surface area contributed by atoms with E-state index in [-0.39, 0.29) is 10.8 Å². The van der Waals surface area contributed by atoms with Gasteiger partial charge in [-0.25, -0.2) is 18.1 Å². The molecular weight excluding hydrogens is 338 g/mol. The van der Waals surface area contributed by atoms with Crippen molar-refractivity contribution in [3.63, 3.8) is 0 Å². The van der Waals surface area contributed by atoms with Crippen molar-refractivity contribution < 1.29 is 8.42 Å². The number of hydrogen-bond acceptors (Lipinski definition) is 5. The fourth-order valence-electron chi connectivity index (χ4n) is 3.15. The summed E-state index contributed by atoms with van der Waals surface area (Å²) in [6, 6.07) is 5.06. The molecule has 1 aromatic carbocycles. The molecule has 1 N–H and O–H groups in total. The molecule has 2 heterocycles. The predicted molar refractivity (Wildman–Crippen MR) is 99.0 cm³/mol. The number of aromatic nitrogens is 2. The van der Waals surface area contributed by atoms with Crippen LogP contribution in [0.1, 0.15) is 6.92 Å². The molecule has 1 atom stereocenters. The van der Waals surface area contributed by atoms with Gasteiger partial charge in [0.1, 0.15) is 0 Å². The number of rotatable bonds is 6. The van der Waals surface area contributed by atoms with E-state index >= 15 is 0 Å². The van der Waals surface area contributed by atoms with E-state index in [1.54, 1.807) is 24.5 Å². The second kappa shape index (κ2) is 7.41. The number of likely N-dealkylation sites (N-methyl/N-ethyl adjacent to an activating group) is 1. The molecule has 7 nitrogen and oxygen atoms in total. The second-order valence-electron chi connectivity index (χ2n) is 7.07. The van der Waals surface area contributed by atoms with Crippen molar-refractivity contribution in [1.82, 2.24) is 24.1 Å². The molecule has 0 amide bonds. The molecule has 25 heavy (non-hydrogen) atoms. The van der Waals surface area contributed by atoms with Crippen molar-refractivity contribution in [2.24, 2.45) is 13.0 Å². The highest BCUT2D eigenvalue weighted by Gasteiger charge is 2.19. The average Bonchev–Trinajstić information content (AvgIpc) is 2.96. The second-order valence-corrected chi connectivity index (χ2v) is 8.83. The summed E-state index contributed by atoms with van der Waals surface area (Å²) in [6.45, 7) is 7.67. The summed E-state index contributed by atoms with van der Waals surface area (Å²) in [5.74, 6) is 0.261. The highest BCUT2D eigenvalue weighted by Crippen LogP contribution is 2.17. The first-order chi connectivity index (χ1) is 11.8. The first-order valence-corrected chi connectivity index (χ1v) is 10.1. The molecule has 0 radical (unpaired) electrons. The molecule has 1 fully saturated rings. The Hall–Kier alpha value is -1.48. The van der Waals surface area contributed by atoms with E-state index in [2.05, 4.69) is 33.5 Å². The van der Waals surface area contributed by atoms with Crippen molar-refractivity contribution in [3.05, 3.63) is 24.5 Å². The molecule has 1 saturated heterocycles. The quantitative estimate of drug-likeness (QED) is 0.817. The maximum absolute atomic E-state index is 12.6. The van der Waals surface area contributed by atoms with Crippen LogP contribution in [0.5, 0.6) is 0 Å². The van der Waals surface area contributed by atoms with Gasteiger partial charge in [-0.2, -0.15) is 0 Å². The summed E-state index contributed by atoms with van der Waals surface area (Å²) in [5.41, 5.74) is 1.61. The Bertz CT molecular complexity index is 825. The minimum Gasteiger partial charge on any atom is -0.334 e. The summed E-state index contributed by atoms with van der Waals surface area (Å²) < 4.78 is 29.7. The topological polar surface area (TPSA) is 70.5 Å². The summed E-state index contributed by atoms with van der Waals surface area (Å²) in [6.07, 6.45) is 1.69. The third-order valence-corrected chi connectivity index (χ3v) is 6.22. The number of imidazole rings is 1. The van der Waals surface area contributed by atoms with Gasteiger partial charge in [-0.15, -0.1) is 0 Å². The monoisotopic (exact) mass is 365 g/mol. The molecule has 2 aromatic rings. The summed E-state index contributed by atoms with van der Waals surface area (Å²) in [5, 5.41) is 0. The third-order valence-electron chi connectivity index (χ3n) is 4.79. The Kier molecular flexibility index (Phi) is 5.43. The van der Waals surface area contributed by atoms with E-state index in [9.17, 15) is 8.42 Å². The van der Waals surface area contributed by atoms with Gasteiger partial charge in [0, 0.05) is 46.3 Å². The smallest absolute Gasteiger partial charge is 0.240 e. The van der Waals surface area contributed by atoms with Crippen LogP contribution in [0, 0.1) is 5.92 Å². The van der Waals surface area contributed by atoms with Crippen LogP contribution in [0.15, 0.2) is 29.4 Å². The maximum Gasteiger partial charge on any atom is 0.240 e. The number of nitrogens with one attached hydrogen (secondary N) is 1. The zero-order chi connectivity index (χ0) is 18.0. The first-order valence-electron chi connectivity index (χ1n) is 8.67. The molecular formula is C17H27N5O2S. The van der Waals surface area contributed by atoms with Gasteiger partial charge in [-0.3, -0.25) is 0 Å². The zero-order valence-electron chi connectivity index (χ0n) is 15.1. The van der Waals surface area contributed by atoms with E-state index < -0.39 is 10.0 Å². The summed E-state index contributed by atoms with van der Waals surface area (Å²) in [7, 11) is 0.510. The lowest BCUT2D eigenvalue weighted by Crippen LogP contribution is -2.46. The van der Waals surface area contributed by atoms with Crippen LogP contribution >= 0.6 is 0 Å². The normalized spacial score (nSPS) is 18.7. The van der Waals surface area contributed by atoms with Crippen LogP contribution in [-0.2, 0) is 17.1 Å². The molecule has 0 spiro atoms. The Balaban J connectivity index is 1.58. The van der Waals surface area contributed by atoms with E-state index in [0.29, 0.717) is 12.1 Å². The molecule has 0 bridgehead atoms. The van der Waals surface area contributed by atoms with E-state index in [4.69, 9.17) is 0 Å². The number of nitrogens with zero attached hydrogens (tertiary/aromatic N) is 4. The molecule has 138 valence electrons. The van der Waals surface area contributed by atoms with Crippen LogP contribution in [0.3, 0.4) is 0 Å². The SMILES string of the molecule is C[C@H](CNS(=O)(=O)c1ccc2c(c1)ncn2C)CN1CCN(C)CC1. The summed E-state index contributed by atoms with van der Waals surface area (Å²) >= 11 is 0. The Morgan fingerprint density at radius 3 is 2.64 bits per heavy atom. The number of benzene rings is 1. The van der Waals surface area contributed by atoms with Crippen LogP contribution in [-0.4, -0.2) is 74.1 Å². The van der Waals surface area contributed by atoms with Crippen molar-refractivity contribution in [1.29, 1.82) is 0 Å². The van der Waals surface area contributed by atoms with Crippen LogP contribution in [0.4, 0.5) is 0 Å². The van der Waals surface area contributed by atoms with E-state index in [1.165, 1.54) is 0 Å². The fraction of sp³-hybridized carbons (Fsp3) is 0.588. The Morgan fingerprint density at radius 2 is 1.92 bits per heavy atom. The lowest BCUT2D eigenvalue weighted by molar-refractivity contribution is 0.139. The van der Waals surface area contributed by atoms with Crippen LogP contribution in [0.2, 0.25) is 0 Å². The van der Waals surface area contributed by atoms with Gasteiger partial charge in [0.25, 0.3) is 0 Å². The van der Waals surface area contributed by atoms with E-state index in [0.717, 1.165) is 38.2 Å². The van der Waals surface area contributed by atoms with Gasteiger partial charge in [-0.1, -0.05) is 6.92 Å². The lowest BCUT2D eigenvalue weighted by atomic mass is 10.1. The molecule has 1 aromatic heterocycles.